The van der Waals surface area contributed by atoms with E-state index >= 15 is 0 Å². The lowest BCUT2D eigenvalue weighted by Crippen LogP contribution is -2.35. The standard InChI is InChI=1S/C12H16N4O2/c1-13-11(17)7-16-12(18)8-2-3-9-10(6-8)15-5-4-14-9/h2-3,6,14-15H,4-5,7H2,1H3,(H,13,17)(H,16,18). The lowest BCUT2D eigenvalue weighted by molar-refractivity contribution is -0.119. The first-order chi connectivity index (χ1) is 8.70. The number of carbonyl (C=O) groups excluding carboxylic acids is 2. The van der Waals surface area contributed by atoms with Gasteiger partial charge in [-0.1, -0.05) is 0 Å². The fourth-order valence-electron chi connectivity index (χ4n) is 1.73. The van der Waals surface area contributed by atoms with E-state index in [0.717, 1.165) is 24.5 Å². The van der Waals surface area contributed by atoms with Gasteiger partial charge in [-0.3, -0.25) is 9.59 Å². The average molecular weight is 248 g/mol. The summed E-state index contributed by atoms with van der Waals surface area (Å²) in [5, 5.41) is 11.4. The zero-order chi connectivity index (χ0) is 13.0. The van der Waals surface area contributed by atoms with Crippen molar-refractivity contribution in [1.82, 2.24) is 10.6 Å². The molecule has 6 heteroatoms. The quantitative estimate of drug-likeness (QED) is 0.607. The predicted molar refractivity (Wildman–Crippen MR) is 69.8 cm³/mol. The Labute approximate surface area is 105 Å². The maximum Gasteiger partial charge on any atom is 0.251 e. The van der Waals surface area contributed by atoms with Gasteiger partial charge < -0.3 is 21.3 Å². The molecule has 1 aromatic carbocycles. The third-order valence-electron chi connectivity index (χ3n) is 2.73. The molecule has 1 aliphatic heterocycles. The van der Waals surface area contributed by atoms with E-state index in [0.29, 0.717) is 5.56 Å². The van der Waals surface area contributed by atoms with E-state index < -0.39 is 0 Å². The van der Waals surface area contributed by atoms with E-state index in [1.165, 1.54) is 7.05 Å². The van der Waals surface area contributed by atoms with Gasteiger partial charge in [0.25, 0.3) is 5.91 Å². The highest BCUT2D eigenvalue weighted by Crippen LogP contribution is 2.25. The maximum absolute atomic E-state index is 11.8. The van der Waals surface area contributed by atoms with Crippen LogP contribution in [0.15, 0.2) is 18.2 Å². The number of carbonyl (C=O) groups is 2. The molecule has 1 aliphatic rings. The average Bonchev–Trinajstić information content (AvgIpc) is 2.43. The number of amides is 2. The van der Waals surface area contributed by atoms with Gasteiger partial charge in [0, 0.05) is 25.7 Å². The third-order valence-corrected chi connectivity index (χ3v) is 2.73. The number of hydrogen-bond donors (Lipinski definition) is 4. The highest BCUT2D eigenvalue weighted by Gasteiger charge is 2.12. The molecule has 2 amide bonds. The Hall–Kier alpha value is -2.24. The lowest BCUT2D eigenvalue weighted by atomic mass is 10.1. The zero-order valence-corrected chi connectivity index (χ0v) is 10.2. The third kappa shape index (κ3) is 2.71. The van der Waals surface area contributed by atoms with Gasteiger partial charge in [-0.2, -0.15) is 0 Å². The number of nitrogens with one attached hydrogen (secondary N) is 4. The van der Waals surface area contributed by atoms with Crippen molar-refractivity contribution in [2.24, 2.45) is 0 Å². The fourth-order valence-corrected chi connectivity index (χ4v) is 1.73. The van der Waals surface area contributed by atoms with Crippen molar-refractivity contribution in [2.75, 3.05) is 37.3 Å². The number of rotatable bonds is 3. The van der Waals surface area contributed by atoms with E-state index in [2.05, 4.69) is 21.3 Å². The van der Waals surface area contributed by atoms with Gasteiger partial charge in [0.05, 0.1) is 17.9 Å². The summed E-state index contributed by atoms with van der Waals surface area (Å²) in [6.07, 6.45) is 0. The van der Waals surface area contributed by atoms with Crippen LogP contribution in [0.5, 0.6) is 0 Å². The smallest absolute Gasteiger partial charge is 0.251 e. The highest BCUT2D eigenvalue weighted by atomic mass is 16.2. The predicted octanol–water partition coefficient (Wildman–Crippen LogP) is -0.000200. The number of anilines is 2. The van der Waals surface area contributed by atoms with Crippen LogP contribution in [0.3, 0.4) is 0 Å². The molecule has 6 nitrogen and oxygen atoms in total. The molecule has 0 saturated heterocycles. The van der Waals surface area contributed by atoms with Gasteiger partial charge in [0.2, 0.25) is 5.91 Å². The molecular weight excluding hydrogens is 232 g/mol. The molecular formula is C12H16N4O2. The molecule has 0 aliphatic carbocycles. The summed E-state index contributed by atoms with van der Waals surface area (Å²) in [4.78, 5) is 22.8. The molecule has 0 radical (unpaired) electrons. The molecule has 96 valence electrons. The van der Waals surface area contributed by atoms with Gasteiger partial charge >= 0.3 is 0 Å². The van der Waals surface area contributed by atoms with Crippen LogP contribution in [0.2, 0.25) is 0 Å². The van der Waals surface area contributed by atoms with Crippen LogP contribution in [0, 0.1) is 0 Å². The number of likely N-dealkylation sites (N-methyl/N-ethyl adjacent to an activating group) is 1. The van der Waals surface area contributed by atoms with Gasteiger partial charge in [-0.25, -0.2) is 0 Å². The second-order valence-electron chi connectivity index (χ2n) is 3.97. The molecule has 0 saturated carbocycles. The molecule has 18 heavy (non-hydrogen) atoms. The highest BCUT2D eigenvalue weighted by molar-refractivity contribution is 5.98. The van der Waals surface area contributed by atoms with Crippen molar-refractivity contribution in [3.8, 4) is 0 Å². The Kier molecular flexibility index (Phi) is 3.66. The summed E-state index contributed by atoms with van der Waals surface area (Å²) < 4.78 is 0. The molecule has 4 N–H and O–H groups in total. The molecule has 1 heterocycles. The van der Waals surface area contributed by atoms with Crippen LogP contribution >= 0.6 is 0 Å². The van der Waals surface area contributed by atoms with Gasteiger partial charge in [-0.05, 0) is 18.2 Å². The number of fused-ring (bicyclic) bond motifs is 1. The van der Waals surface area contributed by atoms with Crippen molar-refractivity contribution in [2.45, 2.75) is 0 Å². The van der Waals surface area contributed by atoms with E-state index in [4.69, 9.17) is 0 Å². The monoisotopic (exact) mass is 248 g/mol. The van der Waals surface area contributed by atoms with Gasteiger partial charge in [-0.15, -0.1) is 0 Å². The maximum atomic E-state index is 11.8. The minimum absolute atomic E-state index is 0.0158. The minimum Gasteiger partial charge on any atom is -0.382 e. The summed E-state index contributed by atoms with van der Waals surface area (Å²) >= 11 is 0. The molecule has 0 aromatic heterocycles. The Morgan fingerprint density at radius 2 is 1.94 bits per heavy atom. The second kappa shape index (κ2) is 5.39. The normalized spacial score (nSPS) is 12.7. The van der Waals surface area contributed by atoms with E-state index in [1.54, 1.807) is 12.1 Å². The molecule has 0 fully saturated rings. The summed E-state index contributed by atoms with van der Waals surface area (Å²) in [6, 6.07) is 5.37. The van der Waals surface area contributed by atoms with E-state index in [-0.39, 0.29) is 18.4 Å². The van der Waals surface area contributed by atoms with E-state index in [1.807, 2.05) is 6.07 Å². The molecule has 0 atom stereocenters. The van der Waals surface area contributed by atoms with E-state index in [9.17, 15) is 9.59 Å². The zero-order valence-electron chi connectivity index (χ0n) is 10.2. The molecule has 1 aromatic rings. The van der Waals surface area contributed by atoms with Crippen LogP contribution in [-0.4, -0.2) is 38.5 Å². The Morgan fingerprint density at radius 3 is 2.67 bits per heavy atom. The van der Waals surface area contributed by atoms with Crippen LogP contribution in [0.4, 0.5) is 11.4 Å². The van der Waals surface area contributed by atoms with Crippen LogP contribution in [0.25, 0.3) is 0 Å². The molecule has 0 bridgehead atoms. The fraction of sp³-hybridized carbons (Fsp3) is 0.333. The first-order valence-corrected chi connectivity index (χ1v) is 5.81. The summed E-state index contributed by atoms with van der Waals surface area (Å²) in [7, 11) is 1.53. The second-order valence-corrected chi connectivity index (χ2v) is 3.97. The SMILES string of the molecule is CNC(=O)CNC(=O)c1ccc2c(c1)NCCN2. The molecule has 0 unspecified atom stereocenters. The molecule has 2 rings (SSSR count). The Bertz CT molecular complexity index is 473. The summed E-state index contributed by atoms with van der Waals surface area (Å²) in [5.74, 6) is -0.477. The Morgan fingerprint density at radius 1 is 1.22 bits per heavy atom. The largest absolute Gasteiger partial charge is 0.382 e. The number of hydrogen-bond acceptors (Lipinski definition) is 4. The van der Waals surface area contributed by atoms with Crippen LogP contribution in [-0.2, 0) is 4.79 Å². The molecule has 0 spiro atoms. The van der Waals surface area contributed by atoms with Crippen LogP contribution < -0.4 is 21.3 Å². The van der Waals surface area contributed by atoms with Crippen molar-refractivity contribution >= 4 is 23.2 Å². The summed E-state index contributed by atoms with van der Waals surface area (Å²) in [5.41, 5.74) is 2.44. The first kappa shape index (κ1) is 12.2. The lowest BCUT2D eigenvalue weighted by Gasteiger charge is -2.20. The van der Waals surface area contributed by atoms with Crippen molar-refractivity contribution < 1.29 is 9.59 Å². The van der Waals surface area contributed by atoms with Gasteiger partial charge in [0.15, 0.2) is 0 Å². The van der Waals surface area contributed by atoms with Crippen molar-refractivity contribution in [3.05, 3.63) is 23.8 Å². The van der Waals surface area contributed by atoms with Crippen LogP contribution in [0.1, 0.15) is 10.4 Å². The van der Waals surface area contributed by atoms with Crippen molar-refractivity contribution in [1.29, 1.82) is 0 Å². The number of benzene rings is 1. The van der Waals surface area contributed by atoms with Crippen molar-refractivity contribution in [3.63, 3.8) is 0 Å². The first-order valence-electron chi connectivity index (χ1n) is 5.81. The minimum atomic E-state index is -0.256. The topological polar surface area (TPSA) is 82.3 Å². The Balaban J connectivity index is 2.04. The van der Waals surface area contributed by atoms with Gasteiger partial charge in [0.1, 0.15) is 0 Å². The summed E-state index contributed by atoms with van der Waals surface area (Å²) in [6.45, 7) is 1.68.